The van der Waals surface area contributed by atoms with Crippen LogP contribution in [0.1, 0.15) is 18.9 Å². The highest BCUT2D eigenvalue weighted by Crippen LogP contribution is 2.41. The zero-order valence-electron chi connectivity index (χ0n) is 16.2. The average molecular weight is 398 g/mol. The third-order valence-corrected chi connectivity index (χ3v) is 6.20. The molecule has 0 aliphatic rings. The van der Waals surface area contributed by atoms with Gasteiger partial charge in [0.15, 0.2) is 5.75 Å². The predicted molar refractivity (Wildman–Crippen MR) is 122 cm³/mol. The normalized spacial score (nSPS) is 12.0. The Balaban J connectivity index is 1.53. The van der Waals surface area contributed by atoms with Crippen LogP contribution in [-0.2, 0) is 11.0 Å². The van der Waals surface area contributed by atoms with Crippen LogP contribution in [0.2, 0.25) is 0 Å². The lowest BCUT2D eigenvalue weighted by Crippen LogP contribution is -1.97. The van der Waals surface area contributed by atoms with Gasteiger partial charge in [-0.05, 0) is 51.7 Å². The Kier molecular flexibility index (Phi) is 4.54. The monoisotopic (exact) mass is 398 g/mol. The Labute approximate surface area is 170 Å². The molecule has 29 heavy (non-hydrogen) atoms. The molecule has 0 amide bonds. The summed E-state index contributed by atoms with van der Waals surface area (Å²) in [6, 6.07) is 26.7. The van der Waals surface area contributed by atoms with Gasteiger partial charge in [0.2, 0.25) is 0 Å². The minimum Gasteiger partial charge on any atom is -0.234 e. The molecule has 0 heterocycles. The summed E-state index contributed by atoms with van der Waals surface area (Å²) in [6.07, 6.45) is 1.97. The van der Waals surface area contributed by atoms with Crippen LogP contribution in [0.5, 0.6) is 5.75 Å². The maximum absolute atomic E-state index is 12.8. The van der Waals surface area contributed by atoms with Crippen molar-refractivity contribution in [2.45, 2.75) is 19.8 Å². The van der Waals surface area contributed by atoms with E-state index in [1.54, 1.807) is 0 Å². The van der Waals surface area contributed by atoms with Crippen molar-refractivity contribution in [2.24, 2.45) is 0 Å². The molecule has 1 atom stereocenters. The number of anilines is 1. The number of hydrogen-bond donors (Lipinski definition) is 1. The molecule has 1 unspecified atom stereocenters. The topological polar surface area (TPSA) is 38.3 Å². The smallest absolute Gasteiger partial charge is 0.234 e. The highest BCUT2D eigenvalue weighted by atomic mass is 31.1. The van der Waals surface area contributed by atoms with Crippen molar-refractivity contribution in [1.29, 1.82) is 0 Å². The first-order valence-corrected chi connectivity index (χ1v) is 11.1. The summed E-state index contributed by atoms with van der Waals surface area (Å²) in [4.78, 5) is 0. The summed E-state index contributed by atoms with van der Waals surface area (Å²) in [7, 11) is -2.09. The van der Waals surface area contributed by atoms with Crippen molar-refractivity contribution in [3.8, 4) is 5.75 Å². The molecule has 0 saturated carbocycles. The van der Waals surface area contributed by atoms with Crippen molar-refractivity contribution < 1.29 is 9.09 Å². The molecule has 0 spiro atoms. The molecule has 0 aliphatic heterocycles. The molecular formula is C25H21NO2P+. The quantitative estimate of drug-likeness (QED) is 0.235. The van der Waals surface area contributed by atoms with E-state index in [1.165, 1.54) is 16.2 Å². The van der Waals surface area contributed by atoms with Gasteiger partial charge in [0.05, 0.1) is 5.69 Å². The van der Waals surface area contributed by atoms with E-state index in [2.05, 4.69) is 60.5 Å². The van der Waals surface area contributed by atoms with Gasteiger partial charge < -0.3 is 0 Å². The lowest BCUT2D eigenvalue weighted by molar-refractivity contribution is 0.512. The second-order valence-corrected chi connectivity index (χ2v) is 8.21. The van der Waals surface area contributed by atoms with E-state index in [4.69, 9.17) is 4.52 Å². The largest absolute Gasteiger partial charge is 0.694 e. The summed E-state index contributed by atoms with van der Waals surface area (Å²) >= 11 is 0. The molecule has 5 aromatic carbocycles. The van der Waals surface area contributed by atoms with Gasteiger partial charge in [-0.3, -0.25) is 0 Å². The van der Waals surface area contributed by atoms with Crippen LogP contribution in [0.3, 0.4) is 0 Å². The molecule has 0 aromatic heterocycles. The second kappa shape index (κ2) is 7.35. The van der Waals surface area contributed by atoms with Crippen LogP contribution in [0.15, 0.2) is 78.9 Å². The predicted octanol–water partition coefficient (Wildman–Crippen LogP) is 7.68. The highest BCUT2D eigenvalue weighted by Gasteiger charge is 2.23. The van der Waals surface area contributed by atoms with E-state index in [0.29, 0.717) is 5.75 Å². The van der Waals surface area contributed by atoms with Crippen molar-refractivity contribution in [2.75, 3.05) is 5.09 Å². The number of nitrogens with one attached hydrogen (secondary N) is 1. The maximum atomic E-state index is 12.8. The van der Waals surface area contributed by atoms with E-state index in [1.807, 2.05) is 30.3 Å². The molecule has 5 aromatic rings. The van der Waals surface area contributed by atoms with Crippen LogP contribution in [0.4, 0.5) is 5.69 Å². The van der Waals surface area contributed by atoms with Gasteiger partial charge >= 0.3 is 8.18 Å². The maximum Gasteiger partial charge on any atom is 0.694 e. The first kappa shape index (κ1) is 17.9. The minimum absolute atomic E-state index is 0.636. The Morgan fingerprint density at radius 2 is 1.48 bits per heavy atom. The lowest BCUT2D eigenvalue weighted by atomic mass is 9.94. The van der Waals surface area contributed by atoms with Gasteiger partial charge in [0.25, 0.3) is 0 Å². The third kappa shape index (κ3) is 3.18. The Morgan fingerprint density at radius 3 is 2.28 bits per heavy atom. The minimum atomic E-state index is -2.09. The molecule has 3 nitrogen and oxygen atoms in total. The zero-order chi connectivity index (χ0) is 19.8. The van der Waals surface area contributed by atoms with E-state index >= 15 is 0 Å². The number of hydrogen-bond acceptors (Lipinski definition) is 2. The van der Waals surface area contributed by atoms with E-state index < -0.39 is 8.18 Å². The van der Waals surface area contributed by atoms with E-state index in [0.717, 1.165) is 40.3 Å². The molecule has 1 N–H and O–H groups in total. The Morgan fingerprint density at radius 1 is 0.793 bits per heavy atom. The van der Waals surface area contributed by atoms with Crippen LogP contribution in [-0.4, -0.2) is 0 Å². The second-order valence-electron chi connectivity index (χ2n) is 7.29. The zero-order valence-corrected chi connectivity index (χ0v) is 17.1. The van der Waals surface area contributed by atoms with Crippen molar-refractivity contribution in [3.05, 3.63) is 84.4 Å². The van der Waals surface area contributed by atoms with Gasteiger partial charge in [0, 0.05) is 15.3 Å². The fourth-order valence-electron chi connectivity index (χ4n) is 4.12. The first-order chi connectivity index (χ1) is 14.2. The molecule has 4 heteroatoms. The molecule has 0 fully saturated rings. The SMILES string of the molecule is CCCc1ccccc1N[P+](=O)Oc1ccc2ccc3cccc4ccc1c2c34. The van der Waals surface area contributed by atoms with Crippen LogP contribution >= 0.6 is 8.18 Å². The summed E-state index contributed by atoms with van der Waals surface area (Å²) in [5, 5.41) is 10.00. The first-order valence-electron chi connectivity index (χ1n) is 9.91. The molecule has 0 aliphatic carbocycles. The molecule has 0 saturated heterocycles. The van der Waals surface area contributed by atoms with Crippen LogP contribution in [0.25, 0.3) is 32.3 Å². The highest BCUT2D eigenvalue weighted by molar-refractivity contribution is 7.41. The van der Waals surface area contributed by atoms with Crippen LogP contribution < -0.4 is 9.61 Å². The summed E-state index contributed by atoms with van der Waals surface area (Å²) in [5.74, 6) is 0.636. The number of aryl methyl sites for hydroxylation is 1. The molecule has 5 rings (SSSR count). The van der Waals surface area contributed by atoms with Gasteiger partial charge in [-0.1, -0.05) is 74.0 Å². The molecule has 0 radical (unpaired) electrons. The van der Waals surface area contributed by atoms with Gasteiger partial charge in [-0.2, -0.15) is 0 Å². The van der Waals surface area contributed by atoms with Crippen molar-refractivity contribution in [1.82, 2.24) is 0 Å². The number of rotatable bonds is 6. The summed E-state index contributed by atoms with van der Waals surface area (Å²) in [6.45, 7) is 2.14. The summed E-state index contributed by atoms with van der Waals surface area (Å²) < 4.78 is 18.7. The third-order valence-electron chi connectivity index (χ3n) is 5.42. The van der Waals surface area contributed by atoms with Gasteiger partial charge in [-0.25, -0.2) is 4.52 Å². The van der Waals surface area contributed by atoms with Crippen LogP contribution in [0, 0.1) is 0 Å². The molecular weight excluding hydrogens is 377 g/mol. The number of benzene rings is 5. The lowest BCUT2D eigenvalue weighted by Gasteiger charge is -2.11. The van der Waals surface area contributed by atoms with Crippen molar-refractivity contribution in [3.63, 3.8) is 0 Å². The van der Waals surface area contributed by atoms with Gasteiger partial charge in [0.1, 0.15) is 0 Å². The molecule has 0 bridgehead atoms. The fraction of sp³-hybridized carbons (Fsp3) is 0.120. The summed E-state index contributed by atoms with van der Waals surface area (Å²) in [5.41, 5.74) is 2.02. The van der Waals surface area contributed by atoms with Gasteiger partial charge in [-0.15, -0.1) is 5.09 Å². The average Bonchev–Trinajstić information content (AvgIpc) is 2.74. The Bertz CT molecular complexity index is 1330. The molecule has 142 valence electrons. The number of para-hydroxylation sites is 1. The van der Waals surface area contributed by atoms with E-state index in [-0.39, 0.29) is 0 Å². The van der Waals surface area contributed by atoms with Crippen molar-refractivity contribution >= 4 is 46.2 Å². The fourth-order valence-corrected chi connectivity index (χ4v) is 4.91. The van der Waals surface area contributed by atoms with E-state index in [9.17, 15) is 4.57 Å². The standard InChI is InChI=1S/C25H21NO2P/c1-2-6-17-7-3-4-10-22(17)26-29(27)28-23-16-14-20-12-11-18-8-5-9-19-13-15-21(23)25(20)24(18)19/h3-5,7-16H,2,6H2,1H3,(H,26,27)/q+1. The Hall–Kier alpha value is -3.16.